The van der Waals surface area contributed by atoms with E-state index in [1.807, 2.05) is 12.2 Å². The molecule has 4 unspecified atom stereocenters. The molecular formula is C15H18O4. The number of carbonyl (C=O) groups is 2. The SMILES string of the molecule is CC1CC(=O)C(C23C=CC2=C(CO)C(=O)OC3)C1C. The van der Waals surface area contributed by atoms with Gasteiger partial charge in [-0.25, -0.2) is 4.79 Å². The molecule has 0 aromatic heterocycles. The van der Waals surface area contributed by atoms with Crippen molar-refractivity contribution in [3.8, 4) is 0 Å². The lowest BCUT2D eigenvalue weighted by atomic mass is 9.58. The number of hydrogen-bond donors (Lipinski definition) is 1. The number of aliphatic hydroxyl groups excluding tert-OH is 1. The van der Waals surface area contributed by atoms with E-state index in [1.54, 1.807) is 0 Å². The van der Waals surface area contributed by atoms with Gasteiger partial charge < -0.3 is 9.84 Å². The van der Waals surface area contributed by atoms with Crippen LogP contribution in [0.1, 0.15) is 20.3 Å². The fourth-order valence-electron chi connectivity index (χ4n) is 3.79. The minimum atomic E-state index is -0.479. The van der Waals surface area contributed by atoms with Gasteiger partial charge in [-0.1, -0.05) is 26.0 Å². The van der Waals surface area contributed by atoms with E-state index in [4.69, 9.17) is 4.74 Å². The summed E-state index contributed by atoms with van der Waals surface area (Å²) in [5, 5.41) is 9.35. The molecule has 1 heterocycles. The number of aliphatic hydroxyl groups is 1. The number of esters is 1. The molecule has 1 aliphatic heterocycles. The molecule has 0 spiro atoms. The topological polar surface area (TPSA) is 63.6 Å². The molecule has 0 saturated heterocycles. The molecule has 0 bridgehead atoms. The second kappa shape index (κ2) is 4.04. The lowest BCUT2D eigenvalue weighted by Crippen LogP contribution is -2.48. The second-order valence-corrected chi connectivity index (χ2v) is 5.98. The Morgan fingerprint density at radius 1 is 1.42 bits per heavy atom. The molecule has 3 rings (SSSR count). The van der Waals surface area contributed by atoms with Crippen LogP contribution in [-0.2, 0) is 14.3 Å². The predicted molar refractivity (Wildman–Crippen MR) is 68.1 cm³/mol. The minimum absolute atomic E-state index is 0.128. The summed E-state index contributed by atoms with van der Waals surface area (Å²) in [5.74, 6) is 0.291. The minimum Gasteiger partial charge on any atom is -0.461 e. The van der Waals surface area contributed by atoms with Crippen LogP contribution in [0.15, 0.2) is 23.3 Å². The van der Waals surface area contributed by atoms with Crippen molar-refractivity contribution in [2.24, 2.45) is 23.2 Å². The van der Waals surface area contributed by atoms with Gasteiger partial charge in [0.25, 0.3) is 0 Å². The van der Waals surface area contributed by atoms with Gasteiger partial charge in [0.15, 0.2) is 0 Å². The summed E-state index contributed by atoms with van der Waals surface area (Å²) in [4.78, 5) is 23.9. The fourth-order valence-corrected chi connectivity index (χ4v) is 3.79. The van der Waals surface area contributed by atoms with E-state index in [2.05, 4.69) is 13.8 Å². The molecule has 102 valence electrons. The molecule has 4 heteroatoms. The van der Waals surface area contributed by atoms with E-state index >= 15 is 0 Å². The maximum Gasteiger partial charge on any atom is 0.336 e. The van der Waals surface area contributed by atoms with Crippen molar-refractivity contribution in [1.29, 1.82) is 0 Å². The highest BCUT2D eigenvalue weighted by molar-refractivity contribution is 5.94. The molecule has 3 aliphatic rings. The standard InChI is InChI=1S/C15H18O4/c1-8-5-12(17)13(9(8)2)15-4-3-11(15)10(6-16)14(18)19-7-15/h3-4,8-9,13,16H,5-7H2,1-2H3. The Hall–Kier alpha value is -1.42. The van der Waals surface area contributed by atoms with E-state index < -0.39 is 11.4 Å². The third kappa shape index (κ3) is 1.49. The first-order chi connectivity index (χ1) is 9.01. The number of ketones is 1. The number of Topliss-reactive ketones (excluding diaryl/α,β-unsaturated/α-hetero) is 1. The molecule has 0 aromatic carbocycles. The normalized spacial score (nSPS) is 41.1. The number of fused-ring (bicyclic) bond motifs is 1. The number of carbonyl (C=O) groups excluding carboxylic acids is 2. The Morgan fingerprint density at radius 3 is 2.63 bits per heavy atom. The third-order valence-corrected chi connectivity index (χ3v) is 5.07. The van der Waals surface area contributed by atoms with Gasteiger partial charge in [-0.15, -0.1) is 0 Å². The number of hydrogen-bond acceptors (Lipinski definition) is 4. The van der Waals surface area contributed by atoms with Gasteiger partial charge in [0.1, 0.15) is 12.4 Å². The van der Waals surface area contributed by atoms with Crippen molar-refractivity contribution in [2.75, 3.05) is 13.2 Å². The Kier molecular flexibility index (Phi) is 2.68. The van der Waals surface area contributed by atoms with Gasteiger partial charge in [-0.2, -0.15) is 0 Å². The van der Waals surface area contributed by atoms with Gasteiger partial charge in [0, 0.05) is 12.3 Å². The lowest BCUT2D eigenvalue weighted by molar-refractivity contribution is -0.147. The summed E-state index contributed by atoms with van der Waals surface area (Å²) >= 11 is 0. The van der Waals surface area contributed by atoms with Gasteiger partial charge >= 0.3 is 5.97 Å². The molecule has 2 aliphatic carbocycles. The molecule has 0 radical (unpaired) electrons. The molecule has 1 saturated carbocycles. The van der Waals surface area contributed by atoms with E-state index in [-0.39, 0.29) is 30.8 Å². The van der Waals surface area contributed by atoms with Crippen molar-refractivity contribution in [1.82, 2.24) is 0 Å². The van der Waals surface area contributed by atoms with Crippen LogP contribution in [0.5, 0.6) is 0 Å². The highest BCUT2D eigenvalue weighted by Crippen LogP contribution is 2.56. The van der Waals surface area contributed by atoms with Gasteiger partial charge in [0.05, 0.1) is 17.6 Å². The van der Waals surface area contributed by atoms with Crippen molar-refractivity contribution < 1.29 is 19.4 Å². The Labute approximate surface area is 112 Å². The fraction of sp³-hybridized carbons (Fsp3) is 0.600. The second-order valence-electron chi connectivity index (χ2n) is 5.98. The summed E-state index contributed by atoms with van der Waals surface area (Å²) in [6.07, 6.45) is 4.41. The summed E-state index contributed by atoms with van der Waals surface area (Å²) in [6, 6.07) is 0. The zero-order chi connectivity index (χ0) is 13.8. The first-order valence-electron chi connectivity index (χ1n) is 6.75. The quantitative estimate of drug-likeness (QED) is 0.761. The van der Waals surface area contributed by atoms with Crippen molar-refractivity contribution in [2.45, 2.75) is 20.3 Å². The first-order valence-corrected chi connectivity index (χ1v) is 6.75. The highest BCUT2D eigenvalue weighted by atomic mass is 16.5. The Balaban J connectivity index is 2.06. The Bertz CT molecular complexity index is 516. The maximum absolute atomic E-state index is 12.3. The molecular weight excluding hydrogens is 244 g/mol. The monoisotopic (exact) mass is 262 g/mol. The highest BCUT2D eigenvalue weighted by Gasteiger charge is 2.57. The van der Waals surface area contributed by atoms with Crippen LogP contribution in [0.4, 0.5) is 0 Å². The van der Waals surface area contributed by atoms with E-state index in [1.165, 1.54) is 0 Å². The van der Waals surface area contributed by atoms with Gasteiger partial charge in [0.2, 0.25) is 0 Å². The van der Waals surface area contributed by atoms with Crippen LogP contribution < -0.4 is 0 Å². The third-order valence-electron chi connectivity index (χ3n) is 5.07. The molecule has 4 atom stereocenters. The summed E-state index contributed by atoms with van der Waals surface area (Å²) in [5.41, 5.74) is 0.645. The molecule has 19 heavy (non-hydrogen) atoms. The van der Waals surface area contributed by atoms with Crippen LogP contribution in [0.25, 0.3) is 0 Å². The average molecular weight is 262 g/mol. The number of cyclic esters (lactones) is 1. The number of ether oxygens (including phenoxy) is 1. The zero-order valence-electron chi connectivity index (χ0n) is 11.2. The first kappa shape index (κ1) is 12.6. The molecule has 1 fully saturated rings. The van der Waals surface area contributed by atoms with Crippen molar-refractivity contribution in [3.63, 3.8) is 0 Å². The van der Waals surface area contributed by atoms with Crippen LogP contribution in [0, 0.1) is 23.2 Å². The number of rotatable bonds is 2. The van der Waals surface area contributed by atoms with Gasteiger partial charge in [-0.3, -0.25) is 4.79 Å². The number of allylic oxidation sites excluding steroid dienone is 1. The van der Waals surface area contributed by atoms with Crippen LogP contribution in [-0.4, -0.2) is 30.1 Å². The molecule has 0 amide bonds. The summed E-state index contributed by atoms with van der Waals surface area (Å²) < 4.78 is 5.20. The van der Waals surface area contributed by atoms with Crippen LogP contribution in [0.2, 0.25) is 0 Å². The predicted octanol–water partition coefficient (Wildman–Crippen LogP) is 1.25. The van der Waals surface area contributed by atoms with Crippen LogP contribution in [0.3, 0.4) is 0 Å². The summed E-state index contributed by atoms with van der Waals surface area (Å²) in [7, 11) is 0. The van der Waals surface area contributed by atoms with Gasteiger partial charge in [-0.05, 0) is 17.4 Å². The zero-order valence-corrected chi connectivity index (χ0v) is 11.2. The van der Waals surface area contributed by atoms with E-state index in [0.29, 0.717) is 17.9 Å². The molecule has 4 nitrogen and oxygen atoms in total. The molecule has 0 aromatic rings. The summed E-state index contributed by atoms with van der Waals surface area (Å²) in [6.45, 7) is 4.08. The largest absolute Gasteiger partial charge is 0.461 e. The maximum atomic E-state index is 12.3. The average Bonchev–Trinajstić information content (AvgIpc) is 2.60. The van der Waals surface area contributed by atoms with E-state index in [9.17, 15) is 14.7 Å². The van der Waals surface area contributed by atoms with E-state index in [0.717, 1.165) is 5.57 Å². The van der Waals surface area contributed by atoms with Crippen molar-refractivity contribution >= 4 is 11.8 Å². The Morgan fingerprint density at radius 2 is 2.16 bits per heavy atom. The molecule has 1 N–H and O–H groups in total. The van der Waals surface area contributed by atoms with Crippen molar-refractivity contribution in [3.05, 3.63) is 23.3 Å². The smallest absolute Gasteiger partial charge is 0.336 e. The lowest BCUT2D eigenvalue weighted by Gasteiger charge is -2.47. The van der Waals surface area contributed by atoms with Crippen LogP contribution >= 0.6 is 0 Å².